The summed E-state index contributed by atoms with van der Waals surface area (Å²) in [5.41, 5.74) is 20.9. The first-order valence-corrected chi connectivity index (χ1v) is 22.5. The molecule has 10 aromatic rings. The van der Waals surface area contributed by atoms with E-state index in [1.807, 2.05) is 48.4 Å². The molecule has 4 heterocycles. The Morgan fingerprint density at radius 1 is 0.359 bits per heavy atom. The molecule has 1 aliphatic heterocycles. The highest BCUT2D eigenvalue weighted by molar-refractivity contribution is 7.99. The fourth-order valence-corrected chi connectivity index (χ4v) is 10.8. The van der Waals surface area contributed by atoms with Gasteiger partial charge < -0.3 is 0 Å². The van der Waals surface area contributed by atoms with E-state index >= 15 is 0 Å². The standard InChI is InChI=1S/C59H40N4S/c1-59(2)51-24-12-10-22-46(51)49-32-50-48-31-38(58-62-54(37-15-4-3-5-16-37)34-55(63-58)40-27-29-53(61-36-40)39-17-14-30-60-35-39)26-28-45(48)43-20-7-6-18-41(43)42-19-8-9-21-44(42)47-23-11-13-25-56(47)64-57(50)33-52(49)59/h3-36H,1-2H3. The fraction of sp³-hybridized carbons (Fsp3) is 0.0508. The van der Waals surface area contributed by atoms with Crippen LogP contribution in [0.15, 0.2) is 216 Å². The molecule has 7 aromatic carbocycles. The lowest BCUT2D eigenvalue weighted by Gasteiger charge is -2.23. The monoisotopic (exact) mass is 836 g/mol. The molecule has 64 heavy (non-hydrogen) atoms. The molecule has 2 aliphatic rings. The molecule has 5 heteroatoms. The third kappa shape index (κ3) is 6.39. The number of benzene rings is 7. The Morgan fingerprint density at radius 3 is 1.66 bits per heavy atom. The lowest BCUT2D eigenvalue weighted by atomic mass is 9.81. The third-order valence-corrected chi connectivity index (χ3v) is 14.0. The molecule has 0 atom stereocenters. The zero-order valence-electron chi connectivity index (χ0n) is 35.3. The number of hydrogen-bond acceptors (Lipinski definition) is 5. The molecule has 302 valence electrons. The molecule has 0 saturated heterocycles. The molecular formula is C59H40N4S. The summed E-state index contributed by atoms with van der Waals surface area (Å²) in [7, 11) is 0. The first kappa shape index (κ1) is 38.0. The van der Waals surface area contributed by atoms with Crippen molar-refractivity contribution in [3.05, 3.63) is 218 Å². The Kier molecular flexibility index (Phi) is 9.06. The van der Waals surface area contributed by atoms with Crippen LogP contribution in [0, 0.1) is 0 Å². The summed E-state index contributed by atoms with van der Waals surface area (Å²) in [4.78, 5) is 22.3. The van der Waals surface area contributed by atoms with Crippen molar-refractivity contribution in [1.29, 1.82) is 0 Å². The van der Waals surface area contributed by atoms with E-state index in [0.29, 0.717) is 5.82 Å². The van der Waals surface area contributed by atoms with Crippen LogP contribution in [0.5, 0.6) is 0 Å². The van der Waals surface area contributed by atoms with E-state index < -0.39 is 0 Å². The summed E-state index contributed by atoms with van der Waals surface area (Å²) in [6, 6.07) is 67.8. The van der Waals surface area contributed by atoms with Gasteiger partial charge in [-0.15, -0.1) is 0 Å². The second-order valence-electron chi connectivity index (χ2n) is 17.0. The van der Waals surface area contributed by atoms with Crippen LogP contribution in [0.4, 0.5) is 0 Å². The predicted molar refractivity (Wildman–Crippen MR) is 263 cm³/mol. The lowest BCUT2D eigenvalue weighted by Crippen LogP contribution is -2.15. The van der Waals surface area contributed by atoms with Gasteiger partial charge in [-0.3, -0.25) is 9.97 Å². The molecule has 0 bridgehead atoms. The van der Waals surface area contributed by atoms with Crippen molar-refractivity contribution in [2.75, 3.05) is 0 Å². The summed E-state index contributed by atoms with van der Waals surface area (Å²) >= 11 is 1.86. The Labute approximate surface area is 377 Å². The van der Waals surface area contributed by atoms with Crippen LogP contribution in [0.2, 0.25) is 0 Å². The molecule has 0 fully saturated rings. The number of rotatable bonds is 4. The van der Waals surface area contributed by atoms with Gasteiger partial charge in [0.15, 0.2) is 5.82 Å². The average molecular weight is 837 g/mol. The van der Waals surface area contributed by atoms with Gasteiger partial charge in [0.2, 0.25) is 0 Å². The highest BCUT2D eigenvalue weighted by Gasteiger charge is 2.37. The molecule has 12 rings (SSSR count). The van der Waals surface area contributed by atoms with E-state index in [0.717, 1.165) is 50.5 Å². The van der Waals surface area contributed by atoms with Gasteiger partial charge in [0.1, 0.15) is 0 Å². The summed E-state index contributed by atoms with van der Waals surface area (Å²) in [6.45, 7) is 4.73. The Hall–Kier alpha value is -7.73. The number of nitrogens with zero attached hydrogens (tertiary/aromatic N) is 4. The molecule has 4 nitrogen and oxygen atoms in total. The minimum atomic E-state index is -0.162. The topological polar surface area (TPSA) is 51.6 Å². The van der Waals surface area contributed by atoms with Crippen LogP contribution in [0.3, 0.4) is 0 Å². The van der Waals surface area contributed by atoms with Crippen molar-refractivity contribution in [3.63, 3.8) is 0 Å². The molecule has 0 saturated carbocycles. The van der Waals surface area contributed by atoms with Gasteiger partial charge in [-0.05, 0) is 121 Å². The normalized spacial score (nSPS) is 12.9. The number of pyridine rings is 2. The molecular weight excluding hydrogens is 797 g/mol. The molecule has 0 spiro atoms. The van der Waals surface area contributed by atoms with Crippen LogP contribution in [-0.4, -0.2) is 19.9 Å². The number of aromatic nitrogens is 4. The molecule has 0 N–H and O–H groups in total. The van der Waals surface area contributed by atoms with Gasteiger partial charge >= 0.3 is 0 Å². The average Bonchev–Trinajstić information content (AvgIpc) is 3.58. The van der Waals surface area contributed by atoms with Crippen molar-refractivity contribution in [1.82, 2.24) is 19.9 Å². The van der Waals surface area contributed by atoms with Crippen LogP contribution >= 0.6 is 11.8 Å². The highest BCUT2D eigenvalue weighted by atomic mass is 32.2. The first-order chi connectivity index (χ1) is 31.5. The van der Waals surface area contributed by atoms with Crippen molar-refractivity contribution < 1.29 is 0 Å². The minimum absolute atomic E-state index is 0.162. The number of hydrogen-bond donors (Lipinski definition) is 0. The highest BCUT2D eigenvalue weighted by Crippen LogP contribution is 2.55. The quantitative estimate of drug-likeness (QED) is 0.177. The van der Waals surface area contributed by atoms with E-state index in [9.17, 15) is 0 Å². The fourth-order valence-electron chi connectivity index (χ4n) is 9.68. The number of fused-ring (bicyclic) bond motifs is 12. The predicted octanol–water partition coefficient (Wildman–Crippen LogP) is 15.4. The maximum absolute atomic E-state index is 5.34. The van der Waals surface area contributed by atoms with Gasteiger partial charge in [0.05, 0.1) is 17.1 Å². The smallest absolute Gasteiger partial charge is 0.160 e. The lowest BCUT2D eigenvalue weighted by molar-refractivity contribution is 0.659. The second kappa shape index (κ2) is 15.3. The molecule has 0 radical (unpaired) electrons. The van der Waals surface area contributed by atoms with E-state index in [-0.39, 0.29) is 5.41 Å². The van der Waals surface area contributed by atoms with Crippen molar-refractivity contribution >= 4 is 11.8 Å². The van der Waals surface area contributed by atoms with Crippen molar-refractivity contribution in [3.8, 4) is 101 Å². The van der Waals surface area contributed by atoms with Gasteiger partial charge in [-0.25, -0.2) is 9.97 Å². The zero-order valence-corrected chi connectivity index (χ0v) is 36.1. The Morgan fingerprint density at radius 2 is 0.953 bits per heavy atom. The third-order valence-electron chi connectivity index (χ3n) is 12.9. The van der Waals surface area contributed by atoms with Crippen LogP contribution in [-0.2, 0) is 5.41 Å². The minimum Gasteiger partial charge on any atom is -0.264 e. The largest absolute Gasteiger partial charge is 0.264 e. The maximum atomic E-state index is 5.34. The summed E-state index contributed by atoms with van der Waals surface area (Å²) in [5, 5.41) is 0. The van der Waals surface area contributed by atoms with E-state index in [1.165, 1.54) is 65.4 Å². The van der Waals surface area contributed by atoms with Crippen molar-refractivity contribution in [2.24, 2.45) is 0 Å². The summed E-state index contributed by atoms with van der Waals surface area (Å²) in [5.74, 6) is 0.649. The first-order valence-electron chi connectivity index (χ1n) is 21.7. The Balaban J connectivity index is 1.13. The summed E-state index contributed by atoms with van der Waals surface area (Å²) < 4.78 is 0. The van der Waals surface area contributed by atoms with Gasteiger partial charge in [0, 0.05) is 56.1 Å². The van der Waals surface area contributed by atoms with E-state index in [1.54, 1.807) is 6.20 Å². The van der Waals surface area contributed by atoms with E-state index in [4.69, 9.17) is 15.0 Å². The second-order valence-corrected chi connectivity index (χ2v) is 18.1. The van der Waals surface area contributed by atoms with E-state index in [2.05, 4.69) is 183 Å². The maximum Gasteiger partial charge on any atom is 0.160 e. The van der Waals surface area contributed by atoms with Crippen LogP contribution < -0.4 is 0 Å². The Bertz CT molecular complexity index is 3430. The molecule has 0 unspecified atom stereocenters. The van der Waals surface area contributed by atoms with Crippen LogP contribution in [0.25, 0.3) is 101 Å². The van der Waals surface area contributed by atoms with Gasteiger partial charge in [0.25, 0.3) is 0 Å². The van der Waals surface area contributed by atoms with Crippen molar-refractivity contribution in [2.45, 2.75) is 29.1 Å². The summed E-state index contributed by atoms with van der Waals surface area (Å²) in [6.07, 6.45) is 5.52. The SMILES string of the molecule is CC1(C)c2ccccc2-c2cc3c(cc21)Sc1ccccc1-c1ccccc1-c1ccccc1-c1ccc(-c2nc(-c4ccccc4)cc(-c4ccc(-c5cccnc5)nc4)n2)cc1-3. The zero-order chi connectivity index (χ0) is 42.8. The van der Waals surface area contributed by atoms with Gasteiger partial charge in [-0.1, -0.05) is 159 Å². The van der Waals surface area contributed by atoms with Gasteiger partial charge in [-0.2, -0.15) is 0 Å². The van der Waals surface area contributed by atoms with Crippen LogP contribution in [0.1, 0.15) is 25.0 Å². The molecule has 3 aromatic heterocycles. The molecule has 1 aliphatic carbocycles. The molecule has 0 amide bonds.